The molecule has 3 N–H and O–H groups in total. The molecule has 1 saturated heterocycles. The lowest BCUT2D eigenvalue weighted by atomic mass is 9.72. The normalized spacial score (nSPS) is 33.1. The smallest absolute Gasteiger partial charge is 0.274 e. The summed E-state index contributed by atoms with van der Waals surface area (Å²) in [4.78, 5) is 2.30. The van der Waals surface area contributed by atoms with Crippen molar-refractivity contribution in [3.05, 3.63) is 0 Å². The van der Waals surface area contributed by atoms with Crippen molar-refractivity contribution in [1.82, 2.24) is 9.62 Å². The first-order valence-corrected chi connectivity index (χ1v) is 8.22. The van der Waals surface area contributed by atoms with Crippen molar-refractivity contribution in [2.75, 3.05) is 39.5 Å². The minimum atomic E-state index is -3.65. The Bertz CT molecular complexity index is 389. The molecule has 0 spiro atoms. The first-order valence-electron chi connectivity index (χ1n) is 6.67. The fourth-order valence-corrected chi connectivity index (χ4v) is 3.40. The second-order valence-electron chi connectivity index (χ2n) is 5.18. The van der Waals surface area contributed by atoms with Gasteiger partial charge in [0, 0.05) is 31.8 Å². The van der Waals surface area contributed by atoms with E-state index in [9.17, 15) is 8.42 Å². The molecule has 1 saturated carbocycles. The molecule has 0 aromatic carbocycles. The van der Waals surface area contributed by atoms with Crippen LogP contribution in [0, 0.1) is 0 Å². The van der Waals surface area contributed by atoms with Gasteiger partial charge in [-0.05, 0) is 19.8 Å². The van der Waals surface area contributed by atoms with E-state index < -0.39 is 10.2 Å². The van der Waals surface area contributed by atoms with E-state index in [1.165, 1.54) is 0 Å². The molecule has 0 atom stereocenters. The average molecular weight is 293 g/mol. The van der Waals surface area contributed by atoms with Gasteiger partial charge in [-0.1, -0.05) is 0 Å². The van der Waals surface area contributed by atoms with Gasteiger partial charge in [-0.15, -0.1) is 0 Å². The van der Waals surface area contributed by atoms with Crippen molar-refractivity contribution in [3.8, 4) is 0 Å². The fourth-order valence-electron chi connectivity index (χ4n) is 2.93. The van der Waals surface area contributed by atoms with Crippen molar-refractivity contribution in [2.24, 2.45) is 5.14 Å². The zero-order valence-electron chi connectivity index (χ0n) is 11.3. The van der Waals surface area contributed by atoms with Crippen LogP contribution < -0.4 is 9.86 Å². The van der Waals surface area contributed by atoms with Crippen molar-refractivity contribution < 1.29 is 17.9 Å². The Hall–Kier alpha value is -0.250. The molecular weight excluding hydrogens is 270 g/mol. The Morgan fingerprint density at radius 2 is 2.05 bits per heavy atom. The summed E-state index contributed by atoms with van der Waals surface area (Å²) in [6.45, 7) is 6.03. The molecule has 112 valence electrons. The topological polar surface area (TPSA) is 93.9 Å². The van der Waals surface area contributed by atoms with E-state index in [2.05, 4.69) is 9.62 Å². The number of hydrogen-bond donors (Lipinski definition) is 2. The highest BCUT2D eigenvalue weighted by molar-refractivity contribution is 7.87. The molecule has 0 unspecified atom stereocenters. The average Bonchev–Trinajstić information content (AvgIpc) is 2.32. The lowest BCUT2D eigenvalue weighted by Crippen LogP contribution is -2.67. The van der Waals surface area contributed by atoms with Crippen LogP contribution in [-0.4, -0.2) is 64.4 Å². The van der Waals surface area contributed by atoms with Gasteiger partial charge >= 0.3 is 0 Å². The maximum absolute atomic E-state index is 11.1. The predicted octanol–water partition coefficient (Wildman–Crippen LogP) is -0.951. The maximum atomic E-state index is 11.1. The first-order chi connectivity index (χ1) is 8.95. The first kappa shape index (κ1) is 15.1. The molecule has 1 aliphatic heterocycles. The van der Waals surface area contributed by atoms with Crippen LogP contribution in [0.4, 0.5) is 0 Å². The summed E-state index contributed by atoms with van der Waals surface area (Å²) in [5.41, 5.74) is -0.171. The molecule has 0 aromatic rings. The van der Waals surface area contributed by atoms with Gasteiger partial charge in [0.25, 0.3) is 10.2 Å². The van der Waals surface area contributed by atoms with Crippen molar-refractivity contribution in [2.45, 2.75) is 31.4 Å². The van der Waals surface area contributed by atoms with E-state index in [0.717, 1.165) is 25.9 Å². The monoisotopic (exact) mass is 293 g/mol. The summed E-state index contributed by atoms with van der Waals surface area (Å²) in [5.74, 6) is 0. The third-order valence-electron chi connectivity index (χ3n) is 3.90. The lowest BCUT2D eigenvalue weighted by Gasteiger charge is -2.54. The number of ether oxygens (including phenoxy) is 2. The number of nitrogens with zero attached hydrogens (tertiary/aromatic N) is 1. The Morgan fingerprint density at radius 1 is 1.42 bits per heavy atom. The maximum Gasteiger partial charge on any atom is 0.274 e. The Labute approximate surface area is 114 Å². The van der Waals surface area contributed by atoms with E-state index in [1.54, 1.807) is 0 Å². The Morgan fingerprint density at radius 3 is 2.58 bits per heavy atom. The SMILES string of the molecule is CCOC1CC(CNS(N)(=O)=O)(N2CCOCC2)C1. The molecule has 1 aliphatic carbocycles. The van der Waals surface area contributed by atoms with E-state index >= 15 is 0 Å². The van der Waals surface area contributed by atoms with Crippen LogP contribution in [0.1, 0.15) is 19.8 Å². The molecule has 0 amide bonds. The lowest BCUT2D eigenvalue weighted by molar-refractivity contribution is -0.124. The molecular formula is C11H23N3O4S. The van der Waals surface area contributed by atoms with Crippen LogP contribution >= 0.6 is 0 Å². The zero-order chi connectivity index (χ0) is 13.9. The minimum Gasteiger partial charge on any atom is -0.379 e. The largest absolute Gasteiger partial charge is 0.379 e. The van der Waals surface area contributed by atoms with Crippen molar-refractivity contribution in [1.29, 1.82) is 0 Å². The minimum absolute atomic E-state index is 0.171. The second-order valence-corrected chi connectivity index (χ2v) is 6.55. The number of hydrogen-bond acceptors (Lipinski definition) is 5. The van der Waals surface area contributed by atoms with E-state index in [4.69, 9.17) is 14.6 Å². The van der Waals surface area contributed by atoms with Gasteiger partial charge in [-0.25, -0.2) is 9.86 Å². The number of nitrogens with two attached hydrogens (primary N) is 1. The molecule has 0 aromatic heterocycles. The molecule has 8 heteroatoms. The van der Waals surface area contributed by atoms with Gasteiger partial charge in [-0.2, -0.15) is 8.42 Å². The molecule has 7 nitrogen and oxygen atoms in total. The standard InChI is InChI=1S/C11H23N3O4S/c1-2-18-10-7-11(8-10,9-13-19(12,15)16)14-3-5-17-6-4-14/h10,13H,2-9H2,1H3,(H2,12,15,16). The second kappa shape index (κ2) is 6.02. The van der Waals surface area contributed by atoms with Gasteiger partial charge < -0.3 is 9.47 Å². The highest BCUT2D eigenvalue weighted by Gasteiger charge is 2.49. The van der Waals surface area contributed by atoms with Crippen LogP contribution in [0.15, 0.2) is 0 Å². The summed E-state index contributed by atoms with van der Waals surface area (Å²) >= 11 is 0. The molecule has 0 bridgehead atoms. The molecule has 2 rings (SSSR count). The fraction of sp³-hybridized carbons (Fsp3) is 1.00. The van der Waals surface area contributed by atoms with Crippen LogP contribution in [0.3, 0.4) is 0 Å². The highest BCUT2D eigenvalue weighted by Crippen LogP contribution is 2.39. The van der Waals surface area contributed by atoms with E-state index in [-0.39, 0.29) is 11.6 Å². The molecule has 2 aliphatic rings. The van der Waals surface area contributed by atoms with Crippen LogP contribution in [0.5, 0.6) is 0 Å². The quantitative estimate of drug-likeness (QED) is 0.658. The summed E-state index contributed by atoms with van der Waals surface area (Å²) in [6.07, 6.45) is 1.89. The van der Waals surface area contributed by atoms with Crippen LogP contribution in [-0.2, 0) is 19.7 Å². The number of nitrogens with one attached hydrogen (secondary N) is 1. The zero-order valence-corrected chi connectivity index (χ0v) is 12.1. The van der Waals surface area contributed by atoms with E-state index in [1.807, 2.05) is 6.92 Å². The number of rotatable bonds is 6. The van der Waals surface area contributed by atoms with Gasteiger partial charge in [-0.3, -0.25) is 4.90 Å². The summed E-state index contributed by atoms with van der Waals surface area (Å²) in [5, 5.41) is 5.03. The predicted molar refractivity (Wildman–Crippen MR) is 70.9 cm³/mol. The summed E-state index contributed by atoms with van der Waals surface area (Å²) in [7, 11) is -3.65. The van der Waals surface area contributed by atoms with Crippen molar-refractivity contribution in [3.63, 3.8) is 0 Å². The van der Waals surface area contributed by atoms with Gasteiger partial charge in [0.05, 0.1) is 19.3 Å². The van der Waals surface area contributed by atoms with Gasteiger partial charge in [0.2, 0.25) is 0 Å². The van der Waals surface area contributed by atoms with Crippen LogP contribution in [0.25, 0.3) is 0 Å². The Kier molecular flexibility index (Phi) is 4.80. The van der Waals surface area contributed by atoms with Crippen LogP contribution in [0.2, 0.25) is 0 Å². The van der Waals surface area contributed by atoms with E-state index in [0.29, 0.717) is 26.4 Å². The molecule has 2 fully saturated rings. The molecule has 0 radical (unpaired) electrons. The summed E-state index contributed by atoms with van der Waals surface area (Å²) in [6, 6.07) is 0. The van der Waals surface area contributed by atoms with Crippen molar-refractivity contribution >= 4 is 10.2 Å². The van der Waals surface area contributed by atoms with Gasteiger partial charge in [0.15, 0.2) is 0 Å². The molecule has 19 heavy (non-hydrogen) atoms. The molecule has 1 heterocycles. The highest BCUT2D eigenvalue weighted by atomic mass is 32.2. The van der Waals surface area contributed by atoms with Gasteiger partial charge in [0.1, 0.15) is 0 Å². The number of morpholine rings is 1. The third-order valence-corrected chi connectivity index (χ3v) is 4.45. The summed E-state index contributed by atoms with van der Waals surface area (Å²) < 4.78 is 35.6. The Balaban J connectivity index is 1.97. The third kappa shape index (κ3) is 3.87.